The molecule has 330 valence electrons. The van der Waals surface area contributed by atoms with E-state index >= 15 is 0 Å². The summed E-state index contributed by atoms with van der Waals surface area (Å²) < 4.78 is 6.69. The lowest BCUT2D eigenvalue weighted by atomic mass is 9.65. The van der Waals surface area contributed by atoms with Crippen molar-refractivity contribution in [2.24, 2.45) is 0 Å². The number of fused-ring (bicyclic) bond motifs is 18. The van der Waals surface area contributed by atoms with Crippen LogP contribution >= 0.6 is 0 Å². The first-order valence-corrected chi connectivity index (χ1v) is 24.7. The van der Waals surface area contributed by atoms with Gasteiger partial charge in [-0.2, -0.15) is 0 Å². The zero-order valence-electron chi connectivity index (χ0n) is 38.6. The number of hydrogen-bond donors (Lipinski definition) is 0. The third-order valence-electron chi connectivity index (χ3n) is 16.2. The van der Waals surface area contributed by atoms with E-state index in [1.807, 2.05) is 0 Å². The maximum Gasteiger partial charge on any atom is 0.137 e. The van der Waals surface area contributed by atoms with Gasteiger partial charge in [-0.25, -0.2) is 0 Å². The van der Waals surface area contributed by atoms with Crippen molar-refractivity contribution < 1.29 is 4.42 Å². The van der Waals surface area contributed by atoms with E-state index in [0.717, 1.165) is 44.7 Å². The number of nitrogens with zero attached hydrogens (tertiary/aromatic N) is 2. The second-order valence-corrected chi connectivity index (χ2v) is 19.5. The molecule has 0 fully saturated rings. The number of furan rings is 1. The molecule has 71 heavy (non-hydrogen) atoms. The minimum atomic E-state index is -0.615. The fourth-order valence-corrected chi connectivity index (χ4v) is 13.6. The topological polar surface area (TPSA) is 19.6 Å². The predicted molar refractivity (Wildman–Crippen MR) is 290 cm³/mol. The first-order valence-electron chi connectivity index (χ1n) is 24.7. The molecule has 3 aliphatic carbocycles. The van der Waals surface area contributed by atoms with Gasteiger partial charge in [-0.1, -0.05) is 182 Å². The van der Waals surface area contributed by atoms with Crippen LogP contribution in [0.2, 0.25) is 0 Å². The maximum absolute atomic E-state index is 6.69. The quantitative estimate of drug-likeness (QED) is 0.172. The van der Waals surface area contributed by atoms with E-state index in [9.17, 15) is 0 Å². The summed E-state index contributed by atoms with van der Waals surface area (Å²) in [5, 5.41) is 2.22. The Morgan fingerprint density at radius 1 is 0.310 bits per heavy atom. The number of hydrogen-bond acceptors (Lipinski definition) is 3. The molecule has 3 nitrogen and oxygen atoms in total. The number of rotatable bonds is 5. The van der Waals surface area contributed by atoms with Gasteiger partial charge in [-0.3, -0.25) is 0 Å². The molecule has 1 unspecified atom stereocenters. The van der Waals surface area contributed by atoms with Gasteiger partial charge in [-0.05, 0) is 139 Å². The van der Waals surface area contributed by atoms with Crippen molar-refractivity contribution in [1.29, 1.82) is 0 Å². The number of anilines is 6. The van der Waals surface area contributed by atoms with Crippen LogP contribution in [0.3, 0.4) is 0 Å². The van der Waals surface area contributed by atoms with Gasteiger partial charge >= 0.3 is 0 Å². The van der Waals surface area contributed by atoms with Gasteiger partial charge in [0.25, 0.3) is 0 Å². The van der Waals surface area contributed by atoms with Crippen molar-refractivity contribution >= 4 is 56.1 Å². The summed E-state index contributed by atoms with van der Waals surface area (Å²) in [5.74, 6) is 0. The van der Waals surface area contributed by atoms with Crippen molar-refractivity contribution in [3.8, 4) is 33.4 Å². The normalized spacial score (nSPS) is 15.7. The molecule has 0 amide bonds. The Balaban J connectivity index is 0.980. The van der Waals surface area contributed by atoms with Gasteiger partial charge in [0.2, 0.25) is 0 Å². The summed E-state index contributed by atoms with van der Waals surface area (Å²) in [6, 6.07) is 94.8. The standard InChI is InChI=1S/C68H42N2O/c1-3-18-43(19-4-1)67-59-30-14-15-31-62(59)70(44-20-5-2-6-21-44)63-32-17-26-55(66(63)67)52-38-35-45(40-60(52)67)69(47-36-39-54-53-25-10-16-33-64(53)71-65(54)42-47)46-34-37-51-50-24-9-13-29-58(50)68(61(51)41-46)56-27-11-7-22-48(56)49-23-8-12-28-57(49)68/h1-42H. The highest BCUT2D eigenvalue weighted by atomic mass is 16.3. The van der Waals surface area contributed by atoms with E-state index in [1.165, 1.54) is 89.3 Å². The van der Waals surface area contributed by atoms with Crippen molar-refractivity contribution in [1.82, 2.24) is 0 Å². The molecular formula is C68H42N2O. The molecule has 1 spiro atoms. The van der Waals surface area contributed by atoms with Crippen LogP contribution < -0.4 is 9.80 Å². The minimum absolute atomic E-state index is 0.493. The summed E-state index contributed by atoms with van der Waals surface area (Å²) >= 11 is 0. The molecule has 1 aromatic heterocycles. The van der Waals surface area contributed by atoms with Gasteiger partial charge in [0.1, 0.15) is 11.2 Å². The molecule has 12 aromatic rings. The highest BCUT2D eigenvalue weighted by molar-refractivity contribution is 6.07. The van der Waals surface area contributed by atoms with Crippen LogP contribution in [0, 0.1) is 0 Å². The smallest absolute Gasteiger partial charge is 0.137 e. The minimum Gasteiger partial charge on any atom is -0.456 e. The summed E-state index contributed by atoms with van der Waals surface area (Å²) in [4.78, 5) is 4.94. The number of benzene rings is 11. The van der Waals surface area contributed by atoms with Gasteiger partial charge in [0, 0.05) is 45.2 Å². The van der Waals surface area contributed by atoms with Crippen LogP contribution in [0.25, 0.3) is 55.3 Å². The predicted octanol–water partition coefficient (Wildman–Crippen LogP) is 17.5. The molecule has 0 saturated heterocycles. The highest BCUT2D eigenvalue weighted by Gasteiger charge is 2.54. The van der Waals surface area contributed by atoms with Crippen LogP contribution in [0.4, 0.5) is 34.1 Å². The van der Waals surface area contributed by atoms with Crippen molar-refractivity contribution in [2.45, 2.75) is 10.8 Å². The average molecular weight is 903 g/mol. The fourth-order valence-electron chi connectivity index (χ4n) is 13.6. The Hall–Kier alpha value is -9.18. The third-order valence-corrected chi connectivity index (χ3v) is 16.2. The Morgan fingerprint density at radius 3 is 1.48 bits per heavy atom. The van der Waals surface area contributed by atoms with Crippen molar-refractivity contribution in [3.63, 3.8) is 0 Å². The van der Waals surface area contributed by atoms with E-state index in [0.29, 0.717) is 0 Å². The second kappa shape index (κ2) is 14.2. The summed E-state index contributed by atoms with van der Waals surface area (Å²) in [6.07, 6.45) is 0. The van der Waals surface area contributed by atoms with Gasteiger partial charge < -0.3 is 14.2 Å². The van der Waals surface area contributed by atoms with Crippen LogP contribution in [-0.4, -0.2) is 0 Å². The third kappa shape index (κ3) is 4.92. The monoisotopic (exact) mass is 902 g/mol. The lowest BCUT2D eigenvalue weighted by molar-refractivity contribution is 0.669. The largest absolute Gasteiger partial charge is 0.456 e. The van der Waals surface area contributed by atoms with Crippen LogP contribution in [-0.2, 0) is 10.8 Å². The van der Waals surface area contributed by atoms with E-state index in [4.69, 9.17) is 4.42 Å². The summed E-state index contributed by atoms with van der Waals surface area (Å²) in [6.45, 7) is 0. The molecule has 11 aromatic carbocycles. The zero-order valence-corrected chi connectivity index (χ0v) is 38.6. The molecular weight excluding hydrogens is 861 g/mol. The summed E-state index contributed by atoms with van der Waals surface area (Å²) in [7, 11) is 0. The van der Waals surface area contributed by atoms with Crippen LogP contribution in [0.15, 0.2) is 259 Å². The van der Waals surface area contributed by atoms with E-state index < -0.39 is 10.8 Å². The molecule has 0 saturated carbocycles. The molecule has 1 atom stereocenters. The Morgan fingerprint density at radius 2 is 0.789 bits per heavy atom. The Labute approximate surface area is 411 Å². The molecule has 4 aliphatic rings. The Kier molecular flexibility index (Phi) is 7.75. The molecule has 0 bridgehead atoms. The molecule has 1 aliphatic heterocycles. The molecule has 0 radical (unpaired) electrons. The maximum atomic E-state index is 6.69. The van der Waals surface area contributed by atoms with Gasteiger partial charge in [-0.15, -0.1) is 0 Å². The second-order valence-electron chi connectivity index (χ2n) is 19.5. The molecule has 2 heterocycles. The first kappa shape index (κ1) is 38.8. The average Bonchev–Trinajstić information content (AvgIpc) is 4.15. The Bertz CT molecular complexity index is 4140. The van der Waals surface area contributed by atoms with Gasteiger partial charge in [0.05, 0.1) is 22.2 Å². The summed E-state index contributed by atoms with van der Waals surface area (Å²) in [5.41, 5.74) is 25.4. The van der Waals surface area contributed by atoms with Crippen LogP contribution in [0.5, 0.6) is 0 Å². The van der Waals surface area contributed by atoms with Crippen molar-refractivity contribution in [2.75, 3.05) is 9.80 Å². The molecule has 0 N–H and O–H groups in total. The SMILES string of the molecule is c1ccc(N2c3ccccc3C3(c4ccccc4)c4cc(N(c5ccc6c(c5)C5(c7ccccc7-c7ccccc75)c5ccccc5-6)c5ccc6c(c5)oc5ccccc56)ccc4-c4cccc2c43)cc1. The zero-order chi connectivity index (χ0) is 46.4. The van der Waals surface area contributed by atoms with Crippen LogP contribution in [0.1, 0.15) is 44.5 Å². The molecule has 16 rings (SSSR count). The molecule has 3 heteroatoms. The van der Waals surface area contributed by atoms with Gasteiger partial charge in [0.15, 0.2) is 0 Å². The first-order chi connectivity index (χ1) is 35.2. The number of para-hydroxylation sites is 3. The lowest BCUT2D eigenvalue weighted by Gasteiger charge is -2.44. The van der Waals surface area contributed by atoms with Crippen molar-refractivity contribution in [3.05, 3.63) is 299 Å². The fraction of sp³-hybridized carbons (Fsp3) is 0.0294. The lowest BCUT2D eigenvalue weighted by Crippen LogP contribution is -2.36. The highest BCUT2D eigenvalue weighted by Crippen LogP contribution is 2.66. The van der Waals surface area contributed by atoms with E-state index in [-0.39, 0.29) is 0 Å². The van der Waals surface area contributed by atoms with E-state index in [1.54, 1.807) is 0 Å². The van der Waals surface area contributed by atoms with E-state index in [2.05, 4.69) is 265 Å².